The standard InChI is InChI=1S/C61H37NO3/c1-3-16-38(17-4-1)40-32-34-48-45(36-40)43-20-7-9-23-47(43)61(48)49-24-10-12-29-55(49)65-60-50(61)25-14-27-52(60)62(51-26-15-31-57-59(51)44-21-8-11-28-53(44)63-57)41-33-35-54-46(37-41)58-42(22-13-30-56(58)64-54)39-18-5-2-6-19-39/h1-37H. The van der Waals surface area contributed by atoms with Gasteiger partial charge in [-0.15, -0.1) is 0 Å². The minimum absolute atomic E-state index is 0.670. The molecule has 3 heterocycles. The molecular formula is C61H37NO3. The first-order chi connectivity index (χ1) is 32.2. The van der Waals surface area contributed by atoms with Crippen LogP contribution in [-0.4, -0.2) is 0 Å². The van der Waals surface area contributed by atoms with E-state index in [4.69, 9.17) is 13.6 Å². The van der Waals surface area contributed by atoms with E-state index in [-0.39, 0.29) is 0 Å². The molecule has 4 heteroatoms. The van der Waals surface area contributed by atoms with Crippen molar-refractivity contribution in [2.75, 3.05) is 4.90 Å². The maximum Gasteiger partial charge on any atom is 0.156 e. The Morgan fingerprint density at radius 1 is 0.338 bits per heavy atom. The average Bonchev–Trinajstić information content (AvgIpc) is 4.04. The number of rotatable bonds is 5. The average molecular weight is 832 g/mol. The van der Waals surface area contributed by atoms with E-state index >= 15 is 0 Å². The van der Waals surface area contributed by atoms with Gasteiger partial charge in [-0.25, -0.2) is 0 Å². The quantitative estimate of drug-likeness (QED) is 0.173. The Labute approximate surface area is 374 Å². The molecular weight excluding hydrogens is 795 g/mol. The molecule has 0 N–H and O–H groups in total. The largest absolute Gasteiger partial charge is 0.456 e. The number of benzene rings is 10. The molecule has 1 aliphatic heterocycles. The van der Waals surface area contributed by atoms with Gasteiger partial charge in [0.25, 0.3) is 0 Å². The summed E-state index contributed by atoms with van der Waals surface area (Å²) in [6.07, 6.45) is 0. The molecule has 0 fully saturated rings. The molecule has 4 nitrogen and oxygen atoms in total. The number of fused-ring (bicyclic) bond motifs is 15. The summed E-state index contributed by atoms with van der Waals surface area (Å²) in [5.74, 6) is 1.63. The second-order valence-electron chi connectivity index (χ2n) is 17.1. The van der Waals surface area contributed by atoms with Crippen molar-refractivity contribution >= 4 is 60.9 Å². The van der Waals surface area contributed by atoms with E-state index in [1.807, 2.05) is 12.1 Å². The van der Waals surface area contributed by atoms with Gasteiger partial charge < -0.3 is 18.5 Å². The lowest BCUT2D eigenvalue weighted by molar-refractivity contribution is 0.437. The van der Waals surface area contributed by atoms with Gasteiger partial charge in [0.2, 0.25) is 0 Å². The monoisotopic (exact) mass is 831 g/mol. The number of ether oxygens (including phenoxy) is 1. The minimum atomic E-state index is -0.670. The molecule has 14 rings (SSSR count). The first-order valence-corrected chi connectivity index (χ1v) is 22.2. The van der Waals surface area contributed by atoms with Crippen LogP contribution in [0, 0.1) is 0 Å². The fourth-order valence-electron chi connectivity index (χ4n) is 11.1. The van der Waals surface area contributed by atoms with E-state index in [0.717, 1.165) is 94.7 Å². The normalized spacial score (nSPS) is 14.6. The summed E-state index contributed by atoms with van der Waals surface area (Å²) >= 11 is 0. The first-order valence-electron chi connectivity index (χ1n) is 22.2. The molecule has 2 aliphatic rings. The van der Waals surface area contributed by atoms with Crippen molar-refractivity contribution in [1.82, 2.24) is 0 Å². The van der Waals surface area contributed by atoms with Crippen LogP contribution in [-0.2, 0) is 5.41 Å². The molecule has 65 heavy (non-hydrogen) atoms. The van der Waals surface area contributed by atoms with Crippen LogP contribution in [0.5, 0.6) is 11.5 Å². The maximum absolute atomic E-state index is 7.36. The van der Waals surface area contributed by atoms with E-state index in [1.54, 1.807) is 0 Å². The second kappa shape index (κ2) is 13.7. The molecule has 12 aromatic rings. The predicted molar refractivity (Wildman–Crippen MR) is 264 cm³/mol. The highest BCUT2D eigenvalue weighted by atomic mass is 16.5. The van der Waals surface area contributed by atoms with Gasteiger partial charge >= 0.3 is 0 Å². The van der Waals surface area contributed by atoms with Gasteiger partial charge in [0, 0.05) is 33.0 Å². The second-order valence-corrected chi connectivity index (χ2v) is 17.1. The number of para-hydroxylation sites is 3. The van der Waals surface area contributed by atoms with Crippen molar-refractivity contribution in [3.63, 3.8) is 0 Å². The molecule has 0 saturated heterocycles. The van der Waals surface area contributed by atoms with Crippen LogP contribution in [0.15, 0.2) is 233 Å². The van der Waals surface area contributed by atoms with Crippen LogP contribution in [0.4, 0.5) is 17.1 Å². The fraction of sp³-hybridized carbons (Fsp3) is 0.0164. The Morgan fingerprint density at radius 2 is 0.954 bits per heavy atom. The predicted octanol–water partition coefficient (Wildman–Crippen LogP) is 16.8. The highest BCUT2D eigenvalue weighted by molar-refractivity contribution is 6.16. The van der Waals surface area contributed by atoms with Crippen LogP contribution >= 0.6 is 0 Å². The van der Waals surface area contributed by atoms with Gasteiger partial charge in [-0.2, -0.15) is 0 Å². The van der Waals surface area contributed by atoms with Crippen LogP contribution < -0.4 is 9.64 Å². The summed E-state index contributed by atoms with van der Waals surface area (Å²) in [5, 5.41) is 4.19. The Hall–Kier alpha value is -8.60. The van der Waals surface area contributed by atoms with Gasteiger partial charge in [0.15, 0.2) is 5.75 Å². The number of nitrogens with zero attached hydrogens (tertiary/aromatic N) is 1. The maximum atomic E-state index is 7.36. The Kier molecular flexibility index (Phi) is 7.57. The van der Waals surface area contributed by atoms with Gasteiger partial charge in [-0.1, -0.05) is 164 Å². The molecule has 0 amide bonds. The molecule has 0 radical (unpaired) electrons. The Balaban J connectivity index is 1.07. The number of hydrogen-bond acceptors (Lipinski definition) is 4. The Bertz CT molecular complexity index is 3880. The minimum Gasteiger partial charge on any atom is -0.456 e. The zero-order chi connectivity index (χ0) is 42.6. The zero-order valence-electron chi connectivity index (χ0n) is 35.0. The van der Waals surface area contributed by atoms with Crippen molar-refractivity contribution < 1.29 is 13.6 Å². The molecule has 10 aromatic carbocycles. The lowest BCUT2D eigenvalue weighted by Gasteiger charge is -2.41. The third-order valence-electron chi connectivity index (χ3n) is 13.7. The van der Waals surface area contributed by atoms with Crippen LogP contribution in [0.25, 0.3) is 77.3 Å². The third kappa shape index (κ3) is 5.08. The van der Waals surface area contributed by atoms with E-state index < -0.39 is 5.41 Å². The molecule has 1 spiro atoms. The van der Waals surface area contributed by atoms with Gasteiger partial charge in [-0.3, -0.25) is 0 Å². The summed E-state index contributed by atoms with van der Waals surface area (Å²) in [6, 6.07) is 80.0. The summed E-state index contributed by atoms with van der Waals surface area (Å²) < 4.78 is 20.6. The van der Waals surface area contributed by atoms with Gasteiger partial charge in [0.05, 0.1) is 22.2 Å². The van der Waals surface area contributed by atoms with E-state index in [2.05, 4.69) is 217 Å². The van der Waals surface area contributed by atoms with E-state index in [9.17, 15) is 0 Å². The molecule has 0 bridgehead atoms. The van der Waals surface area contributed by atoms with E-state index in [1.165, 1.54) is 33.4 Å². The summed E-state index contributed by atoms with van der Waals surface area (Å²) in [6.45, 7) is 0. The Morgan fingerprint density at radius 3 is 1.82 bits per heavy atom. The molecule has 1 aliphatic carbocycles. The number of hydrogen-bond donors (Lipinski definition) is 0. The molecule has 1 atom stereocenters. The van der Waals surface area contributed by atoms with Crippen molar-refractivity contribution in [1.29, 1.82) is 0 Å². The molecule has 0 saturated carbocycles. The number of furan rings is 2. The highest BCUT2D eigenvalue weighted by Gasteiger charge is 2.52. The van der Waals surface area contributed by atoms with Crippen LogP contribution in [0.3, 0.4) is 0 Å². The van der Waals surface area contributed by atoms with Crippen molar-refractivity contribution in [2.24, 2.45) is 0 Å². The van der Waals surface area contributed by atoms with Crippen LogP contribution in [0.1, 0.15) is 22.3 Å². The topological polar surface area (TPSA) is 38.8 Å². The smallest absolute Gasteiger partial charge is 0.156 e. The lowest BCUT2D eigenvalue weighted by atomic mass is 9.66. The zero-order valence-corrected chi connectivity index (χ0v) is 35.0. The summed E-state index contributed by atoms with van der Waals surface area (Å²) in [5.41, 5.74) is 17.3. The highest BCUT2D eigenvalue weighted by Crippen LogP contribution is 2.64. The SMILES string of the molecule is c1ccc(-c2ccc3c(c2)-c2ccccc2C32c3ccccc3Oc3c(N(c4ccc5oc6cccc(-c7ccccc7)c6c5c4)c4cccc5oc6ccccc6c45)cccc32)cc1. The number of anilines is 3. The van der Waals surface area contributed by atoms with Crippen molar-refractivity contribution in [2.45, 2.75) is 5.41 Å². The van der Waals surface area contributed by atoms with Crippen LogP contribution in [0.2, 0.25) is 0 Å². The van der Waals surface area contributed by atoms with Crippen molar-refractivity contribution in [3.05, 3.63) is 247 Å². The molecule has 2 aromatic heterocycles. The molecule has 1 unspecified atom stereocenters. The van der Waals surface area contributed by atoms with Crippen molar-refractivity contribution in [3.8, 4) is 44.9 Å². The lowest BCUT2D eigenvalue weighted by Crippen LogP contribution is -2.32. The summed E-state index contributed by atoms with van der Waals surface area (Å²) in [7, 11) is 0. The summed E-state index contributed by atoms with van der Waals surface area (Å²) in [4.78, 5) is 2.37. The molecule has 304 valence electrons. The van der Waals surface area contributed by atoms with E-state index in [0.29, 0.717) is 0 Å². The van der Waals surface area contributed by atoms with Gasteiger partial charge in [-0.05, 0) is 105 Å². The van der Waals surface area contributed by atoms with Gasteiger partial charge in [0.1, 0.15) is 28.1 Å². The fourth-order valence-corrected chi connectivity index (χ4v) is 11.1. The first kappa shape index (κ1) is 35.9. The third-order valence-corrected chi connectivity index (χ3v) is 13.7.